The zero-order valence-corrected chi connectivity index (χ0v) is 18.5. The number of methoxy groups -OCH3 is 1. The van der Waals surface area contributed by atoms with Crippen LogP contribution in [0, 0.1) is 5.92 Å². The Hall–Kier alpha value is -2.68. The van der Waals surface area contributed by atoms with Crippen molar-refractivity contribution in [2.75, 3.05) is 20.5 Å². The van der Waals surface area contributed by atoms with E-state index in [-0.39, 0.29) is 29.7 Å². The van der Waals surface area contributed by atoms with Crippen LogP contribution in [-0.4, -0.2) is 55.4 Å². The van der Waals surface area contributed by atoms with E-state index in [1.807, 2.05) is 0 Å². The highest BCUT2D eigenvalue weighted by atomic mass is 16.7. The number of Topliss-reactive ketones (excluding diaryl/α,β-unsaturated/α-hetero) is 1. The molecular formula is C22H31NO8. The van der Waals surface area contributed by atoms with Crippen molar-refractivity contribution in [3.05, 3.63) is 18.0 Å². The van der Waals surface area contributed by atoms with Crippen LogP contribution in [0.5, 0.6) is 11.5 Å². The van der Waals surface area contributed by atoms with Gasteiger partial charge in [0.25, 0.3) is 0 Å². The molecule has 0 N–H and O–H groups in total. The highest BCUT2D eigenvalue weighted by Crippen LogP contribution is 2.31. The fourth-order valence-corrected chi connectivity index (χ4v) is 3.23. The van der Waals surface area contributed by atoms with E-state index in [4.69, 9.17) is 23.7 Å². The average Bonchev–Trinajstić information content (AvgIpc) is 3.25. The minimum atomic E-state index is -0.684. The van der Waals surface area contributed by atoms with Crippen LogP contribution in [0.4, 0.5) is 0 Å². The predicted octanol–water partition coefficient (Wildman–Crippen LogP) is 3.09. The lowest BCUT2D eigenvalue weighted by molar-refractivity contribution is -0.156. The number of nitrogens with zero attached hydrogens (tertiary/aromatic N) is 1. The zero-order chi connectivity index (χ0) is 22.8. The fourth-order valence-electron chi connectivity index (χ4n) is 3.23. The van der Waals surface area contributed by atoms with E-state index in [1.165, 1.54) is 39.1 Å². The minimum absolute atomic E-state index is 0.0104. The summed E-state index contributed by atoms with van der Waals surface area (Å²) in [6.45, 7) is 4.57. The van der Waals surface area contributed by atoms with E-state index in [1.54, 1.807) is 13.8 Å². The van der Waals surface area contributed by atoms with Crippen LogP contribution >= 0.6 is 0 Å². The van der Waals surface area contributed by atoms with Crippen molar-refractivity contribution in [2.45, 2.75) is 65.1 Å². The molecule has 2 atom stereocenters. The van der Waals surface area contributed by atoms with Gasteiger partial charge in [-0.15, -0.1) is 0 Å². The molecule has 1 heterocycles. The Kier molecular flexibility index (Phi) is 9.71. The first-order chi connectivity index (χ1) is 14.8. The summed E-state index contributed by atoms with van der Waals surface area (Å²) >= 11 is 0. The topological polar surface area (TPSA) is 110 Å². The van der Waals surface area contributed by atoms with E-state index < -0.39 is 36.5 Å². The van der Waals surface area contributed by atoms with Crippen molar-refractivity contribution < 1.29 is 38.1 Å². The summed E-state index contributed by atoms with van der Waals surface area (Å²) < 4.78 is 26.6. The Morgan fingerprint density at radius 3 is 2.55 bits per heavy atom. The van der Waals surface area contributed by atoms with Gasteiger partial charge in [0.05, 0.1) is 25.7 Å². The highest BCUT2D eigenvalue weighted by Gasteiger charge is 2.26. The van der Waals surface area contributed by atoms with E-state index in [0.717, 1.165) is 12.8 Å². The van der Waals surface area contributed by atoms with Gasteiger partial charge in [0, 0.05) is 25.6 Å². The molecule has 172 valence electrons. The summed E-state index contributed by atoms with van der Waals surface area (Å²) in [5, 5.41) is 0. The van der Waals surface area contributed by atoms with E-state index in [9.17, 15) is 14.4 Å². The molecular weight excluding hydrogens is 406 g/mol. The first kappa shape index (κ1) is 24.6. The fraction of sp³-hybridized carbons (Fsp3) is 0.636. The molecule has 1 aliphatic carbocycles. The van der Waals surface area contributed by atoms with E-state index >= 15 is 0 Å². The number of ether oxygens (including phenoxy) is 5. The third kappa shape index (κ3) is 7.82. The maximum Gasteiger partial charge on any atom is 0.309 e. The van der Waals surface area contributed by atoms with Crippen LogP contribution < -0.4 is 9.47 Å². The van der Waals surface area contributed by atoms with Crippen LogP contribution in [0.3, 0.4) is 0 Å². The molecule has 0 aliphatic heterocycles. The Balaban J connectivity index is 1.93. The van der Waals surface area contributed by atoms with Gasteiger partial charge in [0.15, 0.2) is 23.0 Å². The second-order valence-electron chi connectivity index (χ2n) is 7.60. The Bertz CT molecular complexity index is 760. The van der Waals surface area contributed by atoms with Gasteiger partial charge in [0.1, 0.15) is 6.10 Å². The monoisotopic (exact) mass is 437 g/mol. The number of hydrogen-bond acceptors (Lipinski definition) is 9. The molecule has 0 unspecified atom stereocenters. The number of esters is 2. The third-order valence-electron chi connectivity index (χ3n) is 4.90. The van der Waals surface area contributed by atoms with Crippen molar-refractivity contribution in [2.24, 2.45) is 5.92 Å². The third-order valence-corrected chi connectivity index (χ3v) is 4.90. The molecule has 1 fully saturated rings. The normalized spacial score (nSPS) is 15.7. The number of rotatable bonds is 12. The van der Waals surface area contributed by atoms with Crippen molar-refractivity contribution in [1.82, 2.24) is 4.98 Å². The summed E-state index contributed by atoms with van der Waals surface area (Å²) in [6, 6.07) is 1.52. The lowest BCUT2D eigenvalue weighted by Gasteiger charge is -2.19. The summed E-state index contributed by atoms with van der Waals surface area (Å²) in [6.07, 6.45) is 5.54. The van der Waals surface area contributed by atoms with Gasteiger partial charge in [-0.1, -0.05) is 19.8 Å². The first-order valence-electron chi connectivity index (χ1n) is 10.5. The number of carbonyl (C=O) groups excluding carboxylic acids is 3. The molecule has 0 aromatic carbocycles. The summed E-state index contributed by atoms with van der Waals surface area (Å²) in [4.78, 5) is 40.2. The lowest BCUT2D eigenvalue weighted by Crippen LogP contribution is -2.27. The maximum absolute atomic E-state index is 12.8. The van der Waals surface area contributed by atoms with E-state index in [0.29, 0.717) is 6.61 Å². The van der Waals surface area contributed by atoms with Gasteiger partial charge in [-0.05, 0) is 19.8 Å². The zero-order valence-electron chi connectivity index (χ0n) is 18.5. The molecule has 1 aromatic heterocycles. The SMILES string of the molecule is COc1ccnc(C(=O)C[C@@H](C)C(=O)O[C@@H](C)COC2CCCC2)c1OCOC(C)=O. The van der Waals surface area contributed by atoms with Crippen molar-refractivity contribution in [1.29, 1.82) is 0 Å². The van der Waals surface area contributed by atoms with Crippen LogP contribution in [0.2, 0.25) is 0 Å². The quantitative estimate of drug-likeness (QED) is 0.277. The lowest BCUT2D eigenvalue weighted by atomic mass is 10.0. The summed E-state index contributed by atoms with van der Waals surface area (Å²) in [5.74, 6) is -1.81. The van der Waals surface area contributed by atoms with Gasteiger partial charge >= 0.3 is 11.9 Å². The van der Waals surface area contributed by atoms with Crippen molar-refractivity contribution in [3.63, 3.8) is 0 Å². The summed E-state index contributed by atoms with van der Waals surface area (Å²) in [5.41, 5.74) is -0.0104. The second kappa shape index (κ2) is 12.2. The molecule has 31 heavy (non-hydrogen) atoms. The molecule has 0 bridgehead atoms. The smallest absolute Gasteiger partial charge is 0.309 e. The second-order valence-corrected chi connectivity index (χ2v) is 7.60. The van der Waals surface area contributed by atoms with Gasteiger partial charge in [0.2, 0.25) is 6.79 Å². The number of aromatic nitrogens is 1. The van der Waals surface area contributed by atoms with Crippen LogP contribution in [0.1, 0.15) is 63.4 Å². The van der Waals surface area contributed by atoms with Crippen molar-refractivity contribution >= 4 is 17.7 Å². The number of ketones is 1. The highest BCUT2D eigenvalue weighted by molar-refractivity contribution is 5.99. The molecule has 1 aliphatic rings. The number of carbonyl (C=O) groups is 3. The molecule has 0 radical (unpaired) electrons. The number of pyridine rings is 1. The van der Waals surface area contributed by atoms with Gasteiger partial charge in [-0.2, -0.15) is 0 Å². The molecule has 1 saturated carbocycles. The Labute approximate surface area is 182 Å². The van der Waals surface area contributed by atoms with Crippen LogP contribution in [0.15, 0.2) is 12.3 Å². The molecule has 0 spiro atoms. The van der Waals surface area contributed by atoms with Crippen molar-refractivity contribution in [3.8, 4) is 11.5 Å². The Morgan fingerprint density at radius 2 is 1.90 bits per heavy atom. The van der Waals surface area contributed by atoms with Crippen LogP contribution in [-0.2, 0) is 23.8 Å². The molecule has 1 aromatic rings. The standard InChI is InChI=1S/C22H31NO8/c1-14(22(26)31-15(2)12-28-17-7-5-6-8-17)11-18(25)20-21(30-13-29-16(3)24)19(27-4)9-10-23-20/h9-10,14-15,17H,5-8,11-13H2,1-4H3/t14-,15+/m1/s1. The number of hydrogen-bond donors (Lipinski definition) is 0. The first-order valence-corrected chi connectivity index (χ1v) is 10.5. The average molecular weight is 437 g/mol. The van der Waals surface area contributed by atoms with Crippen LogP contribution in [0.25, 0.3) is 0 Å². The van der Waals surface area contributed by atoms with Gasteiger partial charge in [-0.25, -0.2) is 4.98 Å². The van der Waals surface area contributed by atoms with Gasteiger partial charge < -0.3 is 23.7 Å². The molecule has 0 saturated heterocycles. The Morgan fingerprint density at radius 1 is 1.19 bits per heavy atom. The molecule has 0 amide bonds. The van der Waals surface area contributed by atoms with E-state index in [2.05, 4.69) is 4.98 Å². The largest absolute Gasteiger partial charge is 0.493 e. The molecule has 9 heteroatoms. The minimum Gasteiger partial charge on any atom is -0.493 e. The molecule has 2 rings (SSSR count). The molecule has 9 nitrogen and oxygen atoms in total. The van der Waals surface area contributed by atoms with Gasteiger partial charge in [-0.3, -0.25) is 14.4 Å². The predicted molar refractivity (Wildman–Crippen MR) is 110 cm³/mol. The summed E-state index contributed by atoms with van der Waals surface area (Å²) in [7, 11) is 1.41. The maximum atomic E-state index is 12.8.